The van der Waals surface area contributed by atoms with Crippen LogP contribution in [0.3, 0.4) is 0 Å². The molecule has 0 saturated carbocycles. The van der Waals surface area contributed by atoms with E-state index in [2.05, 4.69) is 20.2 Å². The second-order valence-electron chi connectivity index (χ2n) is 12.6. The standard InChI is InChI=1S/C25H20ClF3N4O2.C15H15N5O/c1-33-14-17(13-32-33)24-23(30)22(8-9-31-24)35-19-5-2-15(3-6-19)10-18(34)11-16-4-7-21(26)20(12-16)25(27,28)29;1-20-9-10(8-19-20)15-14(17)13(6-7-18-15)21-12-4-2-11(16)3-5-12/h2-9,12-14H,10-11,30H2,1H3;2-9H,16-17H2,1H3. The van der Waals surface area contributed by atoms with Crippen molar-refractivity contribution in [3.8, 4) is 45.5 Å². The van der Waals surface area contributed by atoms with Crippen molar-refractivity contribution in [2.75, 3.05) is 17.2 Å². The van der Waals surface area contributed by atoms with E-state index in [1.54, 1.807) is 108 Å². The first-order chi connectivity index (χ1) is 26.7. The fraction of sp³-hybridized carbons (Fsp3) is 0.125. The van der Waals surface area contributed by atoms with Crippen molar-refractivity contribution < 1.29 is 27.4 Å². The molecule has 12 nitrogen and oxygen atoms in total. The largest absolute Gasteiger partial charge is 0.455 e. The number of hydrogen-bond donors (Lipinski definition) is 3. The fourth-order valence-electron chi connectivity index (χ4n) is 5.52. The first-order valence-corrected chi connectivity index (χ1v) is 17.3. The predicted molar refractivity (Wildman–Crippen MR) is 208 cm³/mol. The number of ketones is 1. The molecule has 0 saturated heterocycles. The highest BCUT2D eigenvalue weighted by Crippen LogP contribution is 2.37. The molecule has 6 N–H and O–H groups in total. The van der Waals surface area contributed by atoms with Gasteiger partial charge in [-0.15, -0.1) is 0 Å². The van der Waals surface area contributed by atoms with Crippen molar-refractivity contribution in [3.63, 3.8) is 0 Å². The number of Topliss-reactive ketones (excluding diaryl/α,β-unsaturated/α-hetero) is 1. The number of anilines is 3. The predicted octanol–water partition coefficient (Wildman–Crippen LogP) is 8.32. The molecule has 286 valence electrons. The van der Waals surface area contributed by atoms with Gasteiger partial charge in [-0.1, -0.05) is 29.8 Å². The van der Waals surface area contributed by atoms with Crippen LogP contribution in [0.25, 0.3) is 22.5 Å². The quantitative estimate of drug-likeness (QED) is 0.114. The molecule has 4 heterocycles. The van der Waals surface area contributed by atoms with Gasteiger partial charge in [0, 0.05) is 80.7 Å². The molecular formula is C40H35ClF3N9O3. The van der Waals surface area contributed by atoms with E-state index in [-0.39, 0.29) is 24.2 Å². The Labute approximate surface area is 324 Å². The van der Waals surface area contributed by atoms with Crippen LogP contribution in [-0.4, -0.2) is 35.3 Å². The molecule has 0 aliphatic carbocycles. The van der Waals surface area contributed by atoms with Crippen LogP contribution in [0.15, 0.2) is 116 Å². The number of rotatable bonds is 10. The molecule has 56 heavy (non-hydrogen) atoms. The number of nitrogens with two attached hydrogens (primary N) is 3. The molecular weight excluding hydrogens is 747 g/mol. The van der Waals surface area contributed by atoms with Crippen LogP contribution >= 0.6 is 11.6 Å². The van der Waals surface area contributed by atoms with Crippen LogP contribution in [0.4, 0.5) is 30.2 Å². The monoisotopic (exact) mass is 781 g/mol. The molecule has 0 unspecified atom stereocenters. The number of carbonyl (C=O) groups is 1. The molecule has 0 aliphatic heterocycles. The van der Waals surface area contributed by atoms with Gasteiger partial charge in [0.15, 0.2) is 11.5 Å². The van der Waals surface area contributed by atoms with E-state index in [1.165, 1.54) is 6.07 Å². The summed E-state index contributed by atoms with van der Waals surface area (Å²) in [7, 11) is 3.63. The summed E-state index contributed by atoms with van der Waals surface area (Å²) in [5.41, 5.74) is 22.4. The molecule has 0 amide bonds. The Morgan fingerprint density at radius 3 is 1.62 bits per heavy atom. The third-order valence-electron chi connectivity index (χ3n) is 8.25. The van der Waals surface area contributed by atoms with Crippen LogP contribution in [0.1, 0.15) is 16.7 Å². The zero-order valence-corrected chi connectivity index (χ0v) is 30.8. The van der Waals surface area contributed by atoms with Crippen LogP contribution < -0.4 is 26.7 Å². The first-order valence-electron chi connectivity index (χ1n) is 16.9. The molecule has 3 aromatic carbocycles. The average molecular weight is 782 g/mol. The maximum absolute atomic E-state index is 13.0. The lowest BCUT2D eigenvalue weighted by Gasteiger charge is -2.12. The molecule has 0 bridgehead atoms. The maximum atomic E-state index is 13.0. The Morgan fingerprint density at radius 1 is 0.696 bits per heavy atom. The van der Waals surface area contributed by atoms with Gasteiger partial charge in [-0.05, 0) is 59.7 Å². The number of aromatic nitrogens is 6. The topological polar surface area (TPSA) is 175 Å². The van der Waals surface area contributed by atoms with Gasteiger partial charge in [0.05, 0.1) is 23.0 Å². The second kappa shape index (κ2) is 16.7. The fourth-order valence-corrected chi connectivity index (χ4v) is 5.74. The van der Waals surface area contributed by atoms with E-state index in [0.717, 1.165) is 23.3 Å². The number of ether oxygens (including phenoxy) is 2. The maximum Gasteiger partial charge on any atom is 0.417 e. The van der Waals surface area contributed by atoms with E-state index in [0.29, 0.717) is 57.0 Å². The Bertz CT molecular complexity index is 2470. The Morgan fingerprint density at radius 2 is 1.16 bits per heavy atom. The van der Waals surface area contributed by atoms with E-state index in [4.69, 9.17) is 38.3 Å². The minimum Gasteiger partial charge on any atom is -0.455 e. The van der Waals surface area contributed by atoms with Crippen LogP contribution in [-0.2, 0) is 37.9 Å². The van der Waals surface area contributed by atoms with Crippen LogP contribution in [0.5, 0.6) is 23.0 Å². The van der Waals surface area contributed by atoms with Crippen LogP contribution in [0, 0.1) is 0 Å². The summed E-state index contributed by atoms with van der Waals surface area (Å²) in [6, 6.07) is 20.8. The highest BCUT2D eigenvalue weighted by atomic mass is 35.5. The number of halogens is 4. The summed E-state index contributed by atoms with van der Waals surface area (Å²) in [5, 5.41) is 7.85. The van der Waals surface area contributed by atoms with Gasteiger partial charge >= 0.3 is 6.18 Å². The van der Waals surface area contributed by atoms with Crippen molar-refractivity contribution in [1.29, 1.82) is 0 Å². The number of nitrogens with zero attached hydrogens (tertiary/aromatic N) is 6. The van der Waals surface area contributed by atoms with Gasteiger partial charge in [-0.25, -0.2) is 0 Å². The third kappa shape index (κ3) is 9.62. The number of aryl methyl sites for hydroxylation is 2. The van der Waals surface area contributed by atoms with Crippen molar-refractivity contribution in [3.05, 3.63) is 138 Å². The van der Waals surface area contributed by atoms with Gasteiger partial charge in [-0.2, -0.15) is 23.4 Å². The van der Waals surface area contributed by atoms with E-state index < -0.39 is 16.8 Å². The lowest BCUT2D eigenvalue weighted by molar-refractivity contribution is -0.137. The number of benzene rings is 3. The highest BCUT2D eigenvalue weighted by Gasteiger charge is 2.33. The van der Waals surface area contributed by atoms with Crippen molar-refractivity contribution in [2.24, 2.45) is 14.1 Å². The lowest BCUT2D eigenvalue weighted by atomic mass is 10.0. The minimum absolute atomic E-state index is 0.0623. The summed E-state index contributed by atoms with van der Waals surface area (Å²) >= 11 is 5.64. The minimum atomic E-state index is -4.58. The summed E-state index contributed by atoms with van der Waals surface area (Å²) < 4.78 is 54.2. The summed E-state index contributed by atoms with van der Waals surface area (Å²) in [6.45, 7) is 0. The van der Waals surface area contributed by atoms with E-state index in [1.807, 2.05) is 13.2 Å². The lowest BCUT2D eigenvalue weighted by Crippen LogP contribution is -2.10. The van der Waals surface area contributed by atoms with Gasteiger partial charge < -0.3 is 26.7 Å². The molecule has 0 spiro atoms. The number of alkyl halides is 3. The molecule has 7 aromatic rings. The molecule has 7 rings (SSSR count). The SMILES string of the molecule is Cn1cc(-c2nccc(Oc3ccc(CC(=O)Cc4ccc(Cl)c(C(F)(F)F)c4)cc3)c2N)cn1.Cn1cc(-c2nccc(Oc3ccc(N)cc3)c2N)cn1. The average Bonchev–Trinajstić information content (AvgIpc) is 3.80. The Kier molecular flexibility index (Phi) is 11.5. The van der Waals surface area contributed by atoms with Gasteiger partial charge in [0.25, 0.3) is 0 Å². The summed E-state index contributed by atoms with van der Waals surface area (Å²) in [4.78, 5) is 21.0. The molecule has 4 aromatic heterocycles. The zero-order chi connectivity index (χ0) is 40.0. The Balaban J connectivity index is 0.000000215. The van der Waals surface area contributed by atoms with Gasteiger partial charge in [0.1, 0.15) is 40.0 Å². The van der Waals surface area contributed by atoms with Crippen molar-refractivity contribution >= 4 is 34.4 Å². The zero-order valence-electron chi connectivity index (χ0n) is 30.0. The van der Waals surface area contributed by atoms with Crippen molar-refractivity contribution in [1.82, 2.24) is 29.5 Å². The Hall–Kier alpha value is -6.87. The number of hydrogen-bond acceptors (Lipinski definition) is 10. The molecule has 16 heteroatoms. The first kappa shape index (κ1) is 38.8. The second-order valence-corrected chi connectivity index (χ2v) is 13.0. The smallest absolute Gasteiger partial charge is 0.417 e. The molecule has 0 atom stereocenters. The summed E-state index contributed by atoms with van der Waals surface area (Å²) in [5.74, 6) is 1.91. The third-order valence-corrected chi connectivity index (χ3v) is 8.58. The molecule has 0 radical (unpaired) electrons. The number of nitrogen functional groups attached to an aromatic ring is 3. The number of carbonyl (C=O) groups excluding carboxylic acids is 1. The normalized spacial score (nSPS) is 11.1. The van der Waals surface area contributed by atoms with Gasteiger partial charge in [0.2, 0.25) is 0 Å². The van der Waals surface area contributed by atoms with Gasteiger partial charge in [-0.3, -0.25) is 24.1 Å². The highest BCUT2D eigenvalue weighted by molar-refractivity contribution is 6.31. The number of pyridine rings is 2. The van der Waals surface area contributed by atoms with Crippen molar-refractivity contribution in [2.45, 2.75) is 19.0 Å². The molecule has 0 aliphatic rings. The molecule has 0 fully saturated rings. The van der Waals surface area contributed by atoms with E-state index in [9.17, 15) is 18.0 Å². The van der Waals surface area contributed by atoms with Crippen LogP contribution in [0.2, 0.25) is 5.02 Å². The summed E-state index contributed by atoms with van der Waals surface area (Å²) in [6.07, 6.45) is 5.61. The van der Waals surface area contributed by atoms with E-state index >= 15 is 0 Å².